The smallest absolute Gasteiger partial charge is 0.187 e. The third-order valence-electron chi connectivity index (χ3n) is 25.4. The Morgan fingerprint density at radius 3 is 0.862 bits per heavy atom. The molecule has 0 bridgehead atoms. The molecule has 18 aromatic carbocycles. The number of fused-ring (bicyclic) bond motifs is 6. The second-order valence-electron chi connectivity index (χ2n) is 33.4. The maximum Gasteiger partial charge on any atom is 0.187 e. The highest BCUT2D eigenvalue weighted by Crippen LogP contribution is 2.60. The first kappa shape index (κ1) is 84.4. The van der Waals surface area contributed by atoms with Crippen LogP contribution in [-0.4, -0.2) is 44.9 Å². The Morgan fingerprint density at radius 2 is 0.471 bits per heavy atom. The zero-order valence-electron chi connectivity index (χ0n) is 74.1. The molecule has 0 radical (unpaired) electrons. The molecule has 138 heavy (non-hydrogen) atoms. The van der Waals surface area contributed by atoms with Crippen molar-refractivity contribution < 1.29 is 14.2 Å². The minimum absolute atomic E-state index is 0.479. The summed E-state index contributed by atoms with van der Waals surface area (Å²) in [5.41, 5.74) is 20.0. The normalized spacial score (nSPS) is 12.7. The first-order valence-corrected chi connectivity index (χ1v) is 45.3. The number of hydrogen-bond acceptors (Lipinski definition) is 14. The van der Waals surface area contributed by atoms with Gasteiger partial charge in [0.05, 0.1) is 51.6 Å². The number of hydrogen-bond donors (Lipinski definition) is 0. The maximum absolute atomic E-state index is 9.60. The largest absolute Gasteiger partial charge is 0.457 e. The van der Waals surface area contributed by atoms with Crippen LogP contribution in [0.15, 0.2) is 473 Å². The number of para-hydroxylation sites is 4. The van der Waals surface area contributed by atoms with Gasteiger partial charge in [-0.25, -0.2) is 49.7 Å². The van der Waals surface area contributed by atoms with Crippen LogP contribution in [-0.2, 0) is 16.2 Å². The van der Waals surface area contributed by atoms with Gasteiger partial charge in [-0.2, -0.15) is 10.5 Å². The molecule has 0 amide bonds. The highest BCUT2D eigenvalue weighted by Gasteiger charge is 2.49. The van der Waals surface area contributed by atoms with Gasteiger partial charge in [-0.3, -0.25) is 0 Å². The molecule has 21 aromatic rings. The molecule has 0 N–H and O–H groups in total. The van der Waals surface area contributed by atoms with Gasteiger partial charge in [-0.1, -0.05) is 394 Å². The van der Waals surface area contributed by atoms with E-state index in [1.54, 1.807) is 30.3 Å². The summed E-state index contributed by atoms with van der Waals surface area (Å²) in [6, 6.07) is 163. The average molecular weight is 1770 g/mol. The van der Waals surface area contributed by atoms with Gasteiger partial charge >= 0.3 is 0 Å². The quantitative estimate of drug-likeness (QED) is 0.0879. The van der Waals surface area contributed by atoms with E-state index >= 15 is 0 Å². The lowest BCUT2D eigenvalue weighted by Crippen LogP contribution is -2.34. The van der Waals surface area contributed by atoms with Crippen LogP contribution >= 0.6 is 0 Å². The number of rotatable bonds is 15. The summed E-state index contributed by atoms with van der Waals surface area (Å²) in [5.74, 6) is 9.26. The van der Waals surface area contributed by atoms with Gasteiger partial charge < -0.3 is 14.2 Å². The molecule has 0 saturated heterocycles. The minimum atomic E-state index is -0.665. The summed E-state index contributed by atoms with van der Waals surface area (Å²) >= 11 is 0. The highest BCUT2D eigenvalue weighted by molar-refractivity contribution is 5.82. The van der Waals surface area contributed by atoms with Gasteiger partial charge in [0, 0.05) is 77.9 Å². The Labute approximate surface area is 797 Å². The SMILES string of the molecule is N#Cc1cccc(-c2nc(-c3ccccc3)nc(-c3ccc4c(c3)Oc3ccccc3C4(c3ccccc3)c3ccccc3)n2)c1.N#Cc1cccc(-c2nc(-c3ccccc3)nc(-c3cccc4c3Oc3ccccc3C4(c3ccccc3)c3ccccc3)n2)c1.[C-]#[N+]c1cccc(-c2nc(-c3ccccc3)nc(-c3ccc4c(c3)C(c3ccccc3)(c3ccccc3)c3ccccc3O4)n2)c1. The lowest BCUT2D eigenvalue weighted by atomic mass is 9.63. The highest BCUT2D eigenvalue weighted by atomic mass is 16.5. The Bertz CT molecular complexity index is 8060. The molecule has 3 aliphatic rings. The van der Waals surface area contributed by atoms with E-state index in [-0.39, 0.29) is 0 Å². The standard InChI is InChI=1S/3C41H26N4O/c1-42-33-21-13-16-29(26-33)39-43-38(28-14-5-2-6-15-28)44-40(45-39)30-24-25-37-35(27-30)41(31-17-7-3-8-18-31,32-19-9-4-10-20-32)34-22-11-12-23-36(34)46-37;42-27-28-14-12-17-30(26-28)39-43-38(29-15-4-1-5-16-29)44-40(45-39)33-22-13-24-35-37(33)46-36-25-11-10-23-34(36)41(35,31-18-6-2-7-19-31)32-20-8-3-9-21-32;42-27-28-13-12-16-30(25-28)39-43-38(29-14-4-1-5-15-29)44-40(45-39)31-23-24-35-37(26-31)46-36-22-11-10-21-34(36)41(35,32-17-6-2-7-18-32)33-19-8-3-9-20-33/h2-27H;2*1-26H. The summed E-state index contributed by atoms with van der Waals surface area (Å²) in [6.07, 6.45) is 0. The summed E-state index contributed by atoms with van der Waals surface area (Å²) in [6.45, 7) is 7.54. The minimum Gasteiger partial charge on any atom is -0.457 e. The third-order valence-corrected chi connectivity index (χ3v) is 25.4. The Morgan fingerprint density at radius 1 is 0.203 bits per heavy atom. The van der Waals surface area contributed by atoms with Crippen molar-refractivity contribution in [3.05, 3.63) is 562 Å². The van der Waals surface area contributed by atoms with Crippen LogP contribution in [0.25, 0.3) is 107 Å². The van der Waals surface area contributed by atoms with Crippen LogP contribution < -0.4 is 14.2 Å². The van der Waals surface area contributed by atoms with E-state index in [2.05, 4.69) is 223 Å². The summed E-state index contributed by atoms with van der Waals surface area (Å²) in [5, 5.41) is 19.2. The van der Waals surface area contributed by atoms with Crippen LogP contribution in [0.2, 0.25) is 0 Å². The van der Waals surface area contributed by atoms with Gasteiger partial charge in [0.25, 0.3) is 0 Å². The summed E-state index contributed by atoms with van der Waals surface area (Å²) in [7, 11) is 0. The van der Waals surface area contributed by atoms with Gasteiger partial charge in [0.1, 0.15) is 34.5 Å². The topological polar surface area (TPSA) is 196 Å². The second kappa shape index (κ2) is 36.9. The maximum atomic E-state index is 9.60. The van der Waals surface area contributed by atoms with Crippen LogP contribution in [0, 0.1) is 29.2 Å². The van der Waals surface area contributed by atoms with Crippen molar-refractivity contribution in [2.45, 2.75) is 16.2 Å². The van der Waals surface area contributed by atoms with Crippen molar-refractivity contribution in [3.8, 4) is 149 Å². The van der Waals surface area contributed by atoms with Gasteiger partial charge in [-0.05, 0) is 112 Å². The van der Waals surface area contributed by atoms with E-state index in [1.807, 2.05) is 237 Å². The lowest BCUT2D eigenvalue weighted by molar-refractivity contribution is 0.434. The zero-order valence-corrected chi connectivity index (χ0v) is 74.1. The fourth-order valence-electron chi connectivity index (χ4n) is 19.3. The van der Waals surface area contributed by atoms with Crippen LogP contribution in [0.1, 0.15) is 77.9 Å². The van der Waals surface area contributed by atoms with E-state index in [1.165, 1.54) is 0 Å². The zero-order chi connectivity index (χ0) is 92.8. The molecule has 3 aromatic heterocycles. The van der Waals surface area contributed by atoms with Crippen LogP contribution in [0.5, 0.6) is 34.5 Å². The third kappa shape index (κ3) is 15.5. The van der Waals surface area contributed by atoms with Crippen LogP contribution in [0.4, 0.5) is 5.69 Å². The number of benzene rings is 18. The van der Waals surface area contributed by atoms with E-state index in [9.17, 15) is 10.5 Å². The van der Waals surface area contributed by atoms with Crippen LogP contribution in [0.3, 0.4) is 0 Å². The first-order valence-electron chi connectivity index (χ1n) is 45.3. The van der Waals surface area contributed by atoms with Crippen molar-refractivity contribution in [2.75, 3.05) is 0 Å². The fourth-order valence-corrected chi connectivity index (χ4v) is 19.3. The van der Waals surface area contributed by atoms with Crippen molar-refractivity contribution >= 4 is 5.69 Å². The summed E-state index contributed by atoms with van der Waals surface area (Å²) in [4.78, 5) is 48.1. The number of aromatic nitrogens is 9. The molecule has 15 heteroatoms. The Balaban J connectivity index is 0.000000119. The average Bonchev–Trinajstić information content (AvgIpc) is 0.706. The molecule has 0 atom stereocenters. The predicted molar refractivity (Wildman–Crippen MR) is 539 cm³/mol. The van der Waals surface area contributed by atoms with Gasteiger partial charge in [-0.15, -0.1) is 0 Å². The van der Waals surface area contributed by atoms with Gasteiger partial charge in [0.15, 0.2) is 58.1 Å². The number of nitrogens with zero attached hydrogens (tertiary/aromatic N) is 12. The molecule has 0 aliphatic carbocycles. The second-order valence-corrected chi connectivity index (χ2v) is 33.4. The number of nitriles is 2. The van der Waals surface area contributed by atoms with E-state index in [4.69, 9.17) is 65.6 Å². The first-order chi connectivity index (χ1) is 68.2. The van der Waals surface area contributed by atoms with Gasteiger partial charge in [0.2, 0.25) is 0 Å². The molecule has 0 unspecified atom stereocenters. The van der Waals surface area contributed by atoms with Crippen molar-refractivity contribution in [2.24, 2.45) is 0 Å². The molecule has 0 saturated carbocycles. The fraction of sp³-hybridized carbons (Fsp3) is 0.0244. The molecule has 0 spiro atoms. The van der Waals surface area contributed by atoms with E-state index in [0.29, 0.717) is 75.0 Å². The molecule has 0 fully saturated rings. The molecular weight excluding hydrogens is 1690 g/mol. The summed E-state index contributed by atoms with van der Waals surface area (Å²) < 4.78 is 20.1. The predicted octanol–water partition coefficient (Wildman–Crippen LogP) is 28.4. The molecule has 6 heterocycles. The van der Waals surface area contributed by atoms with Crippen molar-refractivity contribution in [1.82, 2.24) is 44.9 Å². The molecule has 24 rings (SSSR count). The molecule has 15 nitrogen and oxygen atoms in total. The number of ether oxygens (including phenoxy) is 3. The lowest BCUT2D eigenvalue weighted by Gasteiger charge is -2.42. The Hall–Kier alpha value is -19.1. The Kier molecular flexibility index (Phi) is 22.6. The molecular formula is C123H78N12O3. The van der Waals surface area contributed by atoms with E-state index in [0.717, 1.165) is 146 Å². The van der Waals surface area contributed by atoms with Crippen molar-refractivity contribution in [3.63, 3.8) is 0 Å². The van der Waals surface area contributed by atoms with Crippen molar-refractivity contribution in [1.29, 1.82) is 10.5 Å². The monoisotopic (exact) mass is 1770 g/mol. The molecule has 3 aliphatic heterocycles. The van der Waals surface area contributed by atoms with E-state index < -0.39 is 16.2 Å². The molecule has 648 valence electrons.